The van der Waals surface area contributed by atoms with Gasteiger partial charge in [-0.2, -0.15) is 0 Å². The Morgan fingerprint density at radius 2 is 1.76 bits per heavy atom. The number of hydrogen-bond donors (Lipinski definition) is 1. The van der Waals surface area contributed by atoms with Gasteiger partial charge in [-0.05, 0) is 42.7 Å². The van der Waals surface area contributed by atoms with Crippen LogP contribution >= 0.6 is 23.2 Å². The summed E-state index contributed by atoms with van der Waals surface area (Å²) in [4.78, 5) is 27.7. The zero-order chi connectivity index (χ0) is 25.5. The molecule has 0 aliphatic rings. The lowest BCUT2D eigenvalue weighted by atomic mass is 10.1. The fraction of sp³-hybridized carbons (Fsp3) is 0.391. The largest absolute Gasteiger partial charge is 0.354 e. The predicted octanol–water partition coefficient (Wildman–Crippen LogP) is 4.23. The predicted molar refractivity (Wildman–Crippen MR) is 133 cm³/mol. The first-order valence-corrected chi connectivity index (χ1v) is 13.3. The van der Waals surface area contributed by atoms with Crippen LogP contribution in [0.2, 0.25) is 10.0 Å². The van der Waals surface area contributed by atoms with Gasteiger partial charge in [0.2, 0.25) is 21.8 Å². The van der Waals surface area contributed by atoms with Gasteiger partial charge >= 0.3 is 0 Å². The average molecular weight is 532 g/mol. The van der Waals surface area contributed by atoms with Gasteiger partial charge in [0.05, 0.1) is 17.0 Å². The number of amides is 2. The van der Waals surface area contributed by atoms with Crippen LogP contribution in [0.1, 0.15) is 32.3 Å². The summed E-state index contributed by atoms with van der Waals surface area (Å²) in [5.74, 6) is -1.69. The van der Waals surface area contributed by atoms with Crippen molar-refractivity contribution in [1.82, 2.24) is 10.2 Å². The number of carbonyl (C=O) groups is 2. The molecule has 0 bridgehead atoms. The van der Waals surface area contributed by atoms with Crippen LogP contribution in [0.15, 0.2) is 42.5 Å². The van der Waals surface area contributed by atoms with Crippen LogP contribution in [0.25, 0.3) is 0 Å². The summed E-state index contributed by atoms with van der Waals surface area (Å²) < 4.78 is 39.5. The molecule has 1 N–H and O–H groups in total. The number of nitrogens with zero attached hydrogens (tertiary/aromatic N) is 2. The maximum Gasteiger partial charge on any atom is 0.244 e. The van der Waals surface area contributed by atoms with Crippen LogP contribution in [0.5, 0.6) is 0 Å². The van der Waals surface area contributed by atoms with Crippen LogP contribution in [-0.2, 0) is 26.2 Å². The Hall–Kier alpha value is -2.36. The maximum atomic E-state index is 13.6. The number of benzene rings is 2. The lowest BCUT2D eigenvalue weighted by Gasteiger charge is -2.33. The lowest BCUT2D eigenvalue weighted by Crippen LogP contribution is -2.52. The molecule has 7 nitrogen and oxygen atoms in total. The summed E-state index contributed by atoms with van der Waals surface area (Å²) in [6, 6.07) is 9.42. The summed E-state index contributed by atoms with van der Waals surface area (Å²) in [6.45, 7) is 3.50. The molecule has 2 rings (SSSR count). The highest BCUT2D eigenvalue weighted by atomic mass is 35.5. The van der Waals surface area contributed by atoms with Crippen molar-refractivity contribution in [2.75, 3.05) is 23.7 Å². The second-order valence-electron chi connectivity index (χ2n) is 7.70. The second kappa shape index (κ2) is 12.4. The van der Waals surface area contributed by atoms with Gasteiger partial charge in [0.15, 0.2) is 0 Å². The van der Waals surface area contributed by atoms with Gasteiger partial charge in [0.1, 0.15) is 18.4 Å². The first-order valence-electron chi connectivity index (χ1n) is 10.7. The van der Waals surface area contributed by atoms with Gasteiger partial charge in [0.25, 0.3) is 0 Å². The average Bonchev–Trinajstić information content (AvgIpc) is 2.78. The molecule has 0 aliphatic carbocycles. The van der Waals surface area contributed by atoms with Crippen molar-refractivity contribution in [3.05, 3.63) is 63.9 Å². The molecular formula is C23H28Cl2FN3O4S. The normalized spacial score (nSPS) is 12.2. The van der Waals surface area contributed by atoms with Crippen LogP contribution in [0, 0.1) is 5.82 Å². The molecule has 0 aliphatic heterocycles. The van der Waals surface area contributed by atoms with Crippen molar-refractivity contribution >= 4 is 50.7 Å². The van der Waals surface area contributed by atoms with Crippen LogP contribution in [0.4, 0.5) is 10.1 Å². The van der Waals surface area contributed by atoms with E-state index < -0.39 is 34.3 Å². The number of sulfonamides is 1. The SMILES string of the molecule is CCCNC(=O)C(CC)N(Cc1ccccc1Cl)C(=O)CN(c1ccc(F)c(Cl)c1)S(C)(=O)=O. The molecule has 34 heavy (non-hydrogen) atoms. The molecule has 1 atom stereocenters. The van der Waals surface area contributed by atoms with Crippen LogP contribution < -0.4 is 9.62 Å². The Morgan fingerprint density at radius 3 is 2.32 bits per heavy atom. The zero-order valence-electron chi connectivity index (χ0n) is 19.2. The van der Waals surface area contributed by atoms with Crippen molar-refractivity contribution in [1.29, 1.82) is 0 Å². The maximum absolute atomic E-state index is 13.6. The molecule has 0 aromatic heterocycles. The molecule has 0 saturated heterocycles. The van der Waals surface area contributed by atoms with Crippen LogP contribution in [0.3, 0.4) is 0 Å². The Kier molecular flexibility index (Phi) is 10.1. The number of carbonyl (C=O) groups excluding carboxylic acids is 2. The smallest absolute Gasteiger partial charge is 0.244 e. The quantitative estimate of drug-likeness (QED) is 0.469. The molecule has 2 amide bonds. The Balaban J connectivity index is 2.46. The van der Waals surface area contributed by atoms with E-state index in [-0.39, 0.29) is 23.2 Å². The molecule has 0 heterocycles. The van der Waals surface area contributed by atoms with Crippen molar-refractivity contribution in [2.24, 2.45) is 0 Å². The minimum absolute atomic E-state index is 0.00165. The molecule has 2 aromatic carbocycles. The van der Waals surface area contributed by atoms with E-state index in [1.807, 2.05) is 6.92 Å². The minimum atomic E-state index is -3.95. The fourth-order valence-corrected chi connectivity index (χ4v) is 4.56. The first-order chi connectivity index (χ1) is 16.0. The zero-order valence-corrected chi connectivity index (χ0v) is 21.6. The van der Waals surface area contributed by atoms with Gasteiger partial charge in [-0.1, -0.05) is 55.2 Å². The molecule has 2 aromatic rings. The molecule has 0 saturated carbocycles. The third-order valence-electron chi connectivity index (χ3n) is 5.10. The number of nitrogens with one attached hydrogen (secondary N) is 1. The van der Waals surface area contributed by atoms with Gasteiger partial charge in [-0.15, -0.1) is 0 Å². The fourth-order valence-electron chi connectivity index (χ4n) is 3.35. The highest BCUT2D eigenvalue weighted by Crippen LogP contribution is 2.25. The molecule has 11 heteroatoms. The molecule has 0 fully saturated rings. The van der Waals surface area contributed by atoms with Gasteiger partial charge in [-0.3, -0.25) is 13.9 Å². The molecular weight excluding hydrogens is 504 g/mol. The van der Waals surface area contributed by atoms with Crippen molar-refractivity contribution in [3.63, 3.8) is 0 Å². The standard InChI is InChI=1S/C23H28Cl2FN3O4S/c1-4-12-27-23(31)21(5-2)28(14-16-8-6-7-9-18(16)24)22(30)15-29(34(3,32)33)17-10-11-20(26)19(25)13-17/h6-11,13,21H,4-5,12,14-15H2,1-3H3,(H,27,31). The van der Waals surface area contributed by atoms with E-state index in [4.69, 9.17) is 23.2 Å². The summed E-state index contributed by atoms with van der Waals surface area (Å²) in [5.41, 5.74) is 0.637. The van der Waals surface area contributed by atoms with E-state index in [1.165, 1.54) is 11.0 Å². The summed E-state index contributed by atoms with van der Waals surface area (Å²) in [6.07, 6.45) is 1.95. The van der Waals surface area contributed by atoms with E-state index in [2.05, 4.69) is 5.32 Å². The molecule has 186 valence electrons. The highest BCUT2D eigenvalue weighted by Gasteiger charge is 2.32. The monoisotopic (exact) mass is 531 g/mol. The van der Waals surface area contributed by atoms with E-state index >= 15 is 0 Å². The van der Waals surface area contributed by atoms with Crippen molar-refractivity contribution in [3.8, 4) is 0 Å². The molecule has 0 spiro atoms. The molecule has 1 unspecified atom stereocenters. The minimum Gasteiger partial charge on any atom is -0.354 e. The van der Waals surface area contributed by atoms with Gasteiger partial charge in [-0.25, -0.2) is 12.8 Å². The van der Waals surface area contributed by atoms with E-state index in [1.54, 1.807) is 31.2 Å². The number of anilines is 1. The van der Waals surface area contributed by atoms with E-state index in [0.717, 1.165) is 22.7 Å². The van der Waals surface area contributed by atoms with E-state index in [0.29, 0.717) is 30.0 Å². The Bertz CT molecular complexity index is 1130. The Morgan fingerprint density at radius 1 is 1.09 bits per heavy atom. The first kappa shape index (κ1) is 27.9. The topological polar surface area (TPSA) is 86.8 Å². The van der Waals surface area contributed by atoms with E-state index in [9.17, 15) is 22.4 Å². The van der Waals surface area contributed by atoms with Gasteiger partial charge in [0, 0.05) is 18.1 Å². The summed E-state index contributed by atoms with van der Waals surface area (Å²) >= 11 is 12.1. The number of hydrogen-bond acceptors (Lipinski definition) is 4. The van der Waals surface area contributed by atoms with Crippen LogP contribution in [-0.4, -0.2) is 50.5 Å². The van der Waals surface area contributed by atoms with Gasteiger partial charge < -0.3 is 10.2 Å². The number of rotatable bonds is 11. The third-order valence-corrected chi connectivity index (χ3v) is 6.90. The third kappa shape index (κ3) is 7.32. The Labute approximate surface area is 209 Å². The van der Waals surface area contributed by atoms with Crippen molar-refractivity contribution in [2.45, 2.75) is 39.3 Å². The number of halogens is 3. The second-order valence-corrected chi connectivity index (χ2v) is 10.4. The van der Waals surface area contributed by atoms with Crippen molar-refractivity contribution < 1.29 is 22.4 Å². The highest BCUT2D eigenvalue weighted by molar-refractivity contribution is 7.92. The lowest BCUT2D eigenvalue weighted by molar-refractivity contribution is -0.140. The molecule has 0 radical (unpaired) electrons. The summed E-state index contributed by atoms with van der Waals surface area (Å²) in [5, 5.41) is 2.92. The summed E-state index contributed by atoms with van der Waals surface area (Å²) in [7, 11) is -3.95.